The summed E-state index contributed by atoms with van der Waals surface area (Å²) < 4.78 is 17.8. The average molecular weight is 440 g/mol. The van der Waals surface area contributed by atoms with Gasteiger partial charge in [0.25, 0.3) is 5.91 Å². The maximum absolute atomic E-state index is 12.8. The normalized spacial score (nSPS) is 10.5. The fourth-order valence-electron chi connectivity index (χ4n) is 2.40. The number of thiazole rings is 1. The quantitative estimate of drug-likeness (QED) is 0.515. The minimum atomic E-state index is -0.408. The van der Waals surface area contributed by atoms with Crippen molar-refractivity contribution in [3.8, 4) is 17.2 Å². The van der Waals surface area contributed by atoms with Gasteiger partial charge in [-0.3, -0.25) is 14.9 Å². The van der Waals surface area contributed by atoms with E-state index in [1.54, 1.807) is 12.1 Å². The number of thioether (sulfide) groups is 1. The number of carbonyl (C=O) groups is 2. The van der Waals surface area contributed by atoms with Crippen molar-refractivity contribution in [1.82, 2.24) is 4.98 Å². The van der Waals surface area contributed by atoms with Gasteiger partial charge >= 0.3 is 0 Å². The zero-order chi connectivity index (χ0) is 21.4. The number of anilines is 1. The van der Waals surface area contributed by atoms with Crippen LogP contribution in [0.4, 0.5) is 5.13 Å². The first-order valence-corrected chi connectivity index (χ1v) is 11.0. The molecule has 0 aliphatic rings. The summed E-state index contributed by atoms with van der Waals surface area (Å²) in [4.78, 5) is 28.1. The smallest absolute Gasteiger partial charge is 0.257 e. The maximum Gasteiger partial charge on any atom is 0.257 e. The van der Waals surface area contributed by atoms with Crippen LogP contribution >= 0.6 is 23.1 Å². The third-order valence-corrected chi connectivity index (χ3v) is 5.95. The highest BCUT2D eigenvalue weighted by Crippen LogP contribution is 2.39. The molecule has 8 nitrogen and oxygen atoms in total. The Hall–Kier alpha value is -2.46. The first-order valence-electron chi connectivity index (χ1n) is 9.15. The number of aromatic nitrogens is 1. The molecule has 2 aromatic rings. The lowest BCUT2D eigenvalue weighted by atomic mass is 10.1. The second kappa shape index (κ2) is 10.9. The minimum absolute atomic E-state index is 0.157. The minimum Gasteiger partial charge on any atom is -0.490 e. The molecular weight excluding hydrogens is 414 g/mol. The van der Waals surface area contributed by atoms with Gasteiger partial charge in [-0.2, -0.15) is 0 Å². The Labute approximate surface area is 178 Å². The lowest BCUT2D eigenvalue weighted by Crippen LogP contribution is -2.13. The van der Waals surface area contributed by atoms with Gasteiger partial charge in [-0.15, -0.1) is 11.8 Å². The first-order chi connectivity index (χ1) is 13.9. The second-order valence-corrected chi connectivity index (χ2v) is 7.94. The van der Waals surface area contributed by atoms with E-state index in [0.717, 1.165) is 9.90 Å². The van der Waals surface area contributed by atoms with Gasteiger partial charge in [-0.05, 0) is 39.8 Å². The molecule has 0 radical (unpaired) electrons. The third-order valence-electron chi connectivity index (χ3n) is 3.49. The van der Waals surface area contributed by atoms with Crippen LogP contribution in [0.3, 0.4) is 0 Å². The average Bonchev–Trinajstić information content (AvgIpc) is 3.01. The summed E-state index contributed by atoms with van der Waals surface area (Å²) in [6, 6.07) is 3.24. The fourth-order valence-corrected chi connectivity index (χ4v) is 4.27. The molecule has 1 heterocycles. The first kappa shape index (κ1) is 22.8. The molecule has 0 aliphatic carbocycles. The third kappa shape index (κ3) is 6.26. The van der Waals surface area contributed by atoms with E-state index >= 15 is 0 Å². The Morgan fingerprint density at radius 3 is 2.21 bits per heavy atom. The van der Waals surface area contributed by atoms with Crippen LogP contribution in [0, 0.1) is 6.92 Å². The Kier molecular flexibility index (Phi) is 8.59. The molecule has 2 rings (SSSR count). The summed E-state index contributed by atoms with van der Waals surface area (Å²) in [6.45, 7) is 8.66. The van der Waals surface area contributed by atoms with E-state index in [2.05, 4.69) is 10.3 Å². The van der Waals surface area contributed by atoms with E-state index < -0.39 is 5.91 Å². The highest BCUT2D eigenvalue weighted by atomic mass is 32.2. The molecule has 0 atom stereocenters. The monoisotopic (exact) mass is 439 g/mol. The Balaban J connectivity index is 2.27. The molecular formula is C19H25N3O5S2. The zero-order valence-electron chi connectivity index (χ0n) is 16.9. The molecule has 0 saturated heterocycles. The van der Waals surface area contributed by atoms with Gasteiger partial charge in [0.05, 0.1) is 35.5 Å². The number of amides is 2. The molecule has 2 amide bonds. The summed E-state index contributed by atoms with van der Waals surface area (Å²) in [5, 5.41) is 3.22. The van der Waals surface area contributed by atoms with Crippen molar-refractivity contribution in [2.75, 3.05) is 30.9 Å². The Morgan fingerprint density at radius 2 is 1.69 bits per heavy atom. The van der Waals surface area contributed by atoms with E-state index in [9.17, 15) is 9.59 Å². The van der Waals surface area contributed by atoms with E-state index in [1.807, 2.05) is 27.7 Å². The van der Waals surface area contributed by atoms with Crippen molar-refractivity contribution in [3.05, 3.63) is 23.4 Å². The van der Waals surface area contributed by atoms with Gasteiger partial charge in [-0.25, -0.2) is 4.98 Å². The molecule has 158 valence electrons. The number of nitrogens with two attached hydrogens (primary N) is 1. The number of benzene rings is 1. The summed E-state index contributed by atoms with van der Waals surface area (Å²) in [5.74, 6) is 0.759. The zero-order valence-corrected chi connectivity index (χ0v) is 18.5. The molecule has 10 heteroatoms. The van der Waals surface area contributed by atoms with Crippen LogP contribution in [0.15, 0.2) is 16.3 Å². The molecule has 0 aliphatic heterocycles. The molecule has 0 spiro atoms. The van der Waals surface area contributed by atoms with Crippen molar-refractivity contribution in [2.24, 2.45) is 5.73 Å². The number of carbonyl (C=O) groups excluding carboxylic acids is 2. The van der Waals surface area contributed by atoms with E-state index in [1.165, 1.54) is 23.1 Å². The molecule has 0 bridgehead atoms. The van der Waals surface area contributed by atoms with Crippen molar-refractivity contribution in [3.63, 3.8) is 0 Å². The topological polar surface area (TPSA) is 113 Å². The van der Waals surface area contributed by atoms with Crippen LogP contribution in [0.2, 0.25) is 0 Å². The molecule has 0 fully saturated rings. The molecule has 3 N–H and O–H groups in total. The number of nitrogens with zero attached hydrogens (tertiary/aromatic N) is 1. The van der Waals surface area contributed by atoms with Crippen LogP contribution in [-0.2, 0) is 4.79 Å². The van der Waals surface area contributed by atoms with Crippen molar-refractivity contribution in [1.29, 1.82) is 0 Å². The molecule has 29 heavy (non-hydrogen) atoms. The standard InChI is InChI=1S/C19H25N3O5S2/c1-5-25-13-8-12(9-14(26-6-2)16(13)27-7-3)17(24)22-19-21-11(4)18(29-19)28-10-15(20)23/h8-9H,5-7,10H2,1-4H3,(H2,20,23)(H,21,22,24). The van der Waals surface area contributed by atoms with Crippen LogP contribution in [0.1, 0.15) is 36.8 Å². The van der Waals surface area contributed by atoms with Gasteiger partial charge in [0, 0.05) is 5.56 Å². The van der Waals surface area contributed by atoms with E-state index in [4.69, 9.17) is 19.9 Å². The van der Waals surface area contributed by atoms with Crippen molar-refractivity contribution < 1.29 is 23.8 Å². The van der Waals surface area contributed by atoms with E-state index in [0.29, 0.717) is 47.8 Å². The van der Waals surface area contributed by atoms with Gasteiger partial charge < -0.3 is 19.9 Å². The lowest BCUT2D eigenvalue weighted by molar-refractivity contribution is -0.115. The van der Waals surface area contributed by atoms with Gasteiger partial charge in [0.1, 0.15) is 0 Å². The number of nitrogens with one attached hydrogen (secondary N) is 1. The van der Waals surface area contributed by atoms with Crippen LogP contribution in [0.25, 0.3) is 0 Å². The number of hydrogen-bond acceptors (Lipinski definition) is 8. The van der Waals surface area contributed by atoms with Crippen LogP contribution in [-0.4, -0.2) is 42.4 Å². The predicted molar refractivity (Wildman–Crippen MR) is 115 cm³/mol. The number of primary amides is 1. The number of hydrogen-bond donors (Lipinski definition) is 2. The number of aryl methyl sites for hydroxylation is 1. The Bertz CT molecular complexity index is 843. The summed E-state index contributed by atoms with van der Waals surface area (Å²) >= 11 is 2.59. The summed E-state index contributed by atoms with van der Waals surface area (Å²) in [6.07, 6.45) is 0. The SMILES string of the molecule is CCOc1cc(C(=O)Nc2nc(C)c(SCC(N)=O)s2)cc(OCC)c1OCC. The van der Waals surface area contributed by atoms with Gasteiger partial charge in [-0.1, -0.05) is 11.3 Å². The van der Waals surface area contributed by atoms with Crippen molar-refractivity contribution in [2.45, 2.75) is 31.9 Å². The molecule has 1 aromatic heterocycles. The number of rotatable bonds is 11. The fraction of sp³-hybridized carbons (Fsp3) is 0.421. The predicted octanol–water partition coefficient (Wildman–Crippen LogP) is 3.48. The van der Waals surface area contributed by atoms with E-state index in [-0.39, 0.29) is 11.7 Å². The lowest BCUT2D eigenvalue weighted by Gasteiger charge is -2.16. The highest BCUT2D eigenvalue weighted by molar-refractivity contribution is 8.01. The molecule has 0 saturated carbocycles. The highest BCUT2D eigenvalue weighted by Gasteiger charge is 2.19. The summed E-state index contributed by atoms with van der Waals surface area (Å²) in [5.41, 5.74) is 6.28. The van der Waals surface area contributed by atoms with Crippen LogP contribution in [0.5, 0.6) is 17.2 Å². The Morgan fingerprint density at radius 1 is 1.10 bits per heavy atom. The van der Waals surface area contributed by atoms with Crippen LogP contribution < -0.4 is 25.3 Å². The molecule has 1 aromatic carbocycles. The van der Waals surface area contributed by atoms with Gasteiger partial charge in [0.2, 0.25) is 11.7 Å². The number of ether oxygens (including phenoxy) is 3. The second-order valence-electron chi connectivity index (χ2n) is 5.70. The maximum atomic E-state index is 12.8. The van der Waals surface area contributed by atoms with Gasteiger partial charge in [0.15, 0.2) is 16.6 Å². The molecule has 0 unspecified atom stereocenters. The summed E-state index contributed by atoms with van der Waals surface area (Å²) in [7, 11) is 0. The van der Waals surface area contributed by atoms with Crippen molar-refractivity contribution >= 4 is 40.0 Å². The largest absolute Gasteiger partial charge is 0.490 e.